The van der Waals surface area contributed by atoms with E-state index in [-0.39, 0.29) is 0 Å². The Balaban J connectivity index is 1.98. The van der Waals surface area contributed by atoms with Crippen LogP contribution in [0.3, 0.4) is 0 Å². The minimum atomic E-state index is 0.422. The van der Waals surface area contributed by atoms with Gasteiger partial charge in [0.15, 0.2) is 0 Å². The fraction of sp³-hybridized carbons (Fsp3) is 0.375. The summed E-state index contributed by atoms with van der Waals surface area (Å²) >= 11 is 0. The van der Waals surface area contributed by atoms with Crippen LogP contribution in [0.1, 0.15) is 25.1 Å². The van der Waals surface area contributed by atoms with Crippen molar-refractivity contribution in [3.8, 4) is 11.6 Å². The van der Waals surface area contributed by atoms with Crippen molar-refractivity contribution in [2.75, 3.05) is 7.11 Å². The second-order valence-electron chi connectivity index (χ2n) is 5.08. The van der Waals surface area contributed by atoms with Gasteiger partial charge in [-0.05, 0) is 23.8 Å². The summed E-state index contributed by atoms with van der Waals surface area (Å²) in [7, 11) is 1.67. The first-order valence-electron chi connectivity index (χ1n) is 6.99. The van der Waals surface area contributed by atoms with Crippen LogP contribution in [-0.4, -0.2) is 23.3 Å². The van der Waals surface area contributed by atoms with Crippen LogP contribution < -0.4 is 10.1 Å². The van der Waals surface area contributed by atoms with E-state index in [1.165, 1.54) is 0 Å². The fourth-order valence-corrected chi connectivity index (χ4v) is 1.79. The molecule has 5 nitrogen and oxygen atoms in total. The van der Waals surface area contributed by atoms with Gasteiger partial charge in [0.05, 0.1) is 12.3 Å². The Labute approximate surface area is 125 Å². The molecule has 0 amide bonds. The molecule has 1 heterocycles. The van der Waals surface area contributed by atoms with Gasteiger partial charge in [0, 0.05) is 25.8 Å². The third-order valence-electron chi connectivity index (χ3n) is 2.82. The Bertz CT molecular complexity index is 556. The van der Waals surface area contributed by atoms with Crippen LogP contribution in [0.15, 0.2) is 36.4 Å². The number of hydrogen-bond donors (Lipinski definition) is 1. The summed E-state index contributed by atoms with van der Waals surface area (Å²) in [6.45, 7) is 5.45. The lowest BCUT2D eigenvalue weighted by atomic mass is 10.2. The molecule has 2 rings (SSSR count). The van der Waals surface area contributed by atoms with Crippen LogP contribution >= 0.6 is 0 Å². The molecule has 0 saturated carbocycles. The number of nitrogens with zero attached hydrogens (tertiary/aromatic N) is 2. The smallest absolute Gasteiger partial charge is 0.238 e. The number of benzene rings is 1. The van der Waals surface area contributed by atoms with E-state index >= 15 is 0 Å². The van der Waals surface area contributed by atoms with Gasteiger partial charge in [-0.1, -0.05) is 26.0 Å². The molecule has 1 aromatic heterocycles. The Hall–Kier alpha value is -1.98. The van der Waals surface area contributed by atoms with E-state index in [4.69, 9.17) is 9.47 Å². The SMILES string of the molecule is COCc1cccc(Oc2ccc(CNC(C)C)nn2)c1. The molecule has 0 aliphatic rings. The topological polar surface area (TPSA) is 56.3 Å². The quantitative estimate of drug-likeness (QED) is 0.848. The third-order valence-corrected chi connectivity index (χ3v) is 2.82. The van der Waals surface area contributed by atoms with Crippen molar-refractivity contribution >= 4 is 0 Å². The summed E-state index contributed by atoms with van der Waals surface area (Å²) in [5.41, 5.74) is 1.95. The van der Waals surface area contributed by atoms with E-state index in [1.807, 2.05) is 36.4 Å². The van der Waals surface area contributed by atoms with Gasteiger partial charge in [-0.3, -0.25) is 0 Å². The minimum Gasteiger partial charge on any atom is -0.438 e. The lowest BCUT2D eigenvalue weighted by molar-refractivity contribution is 0.184. The van der Waals surface area contributed by atoms with Crippen LogP contribution in [0.5, 0.6) is 11.6 Å². The molecule has 1 N–H and O–H groups in total. The standard InChI is InChI=1S/C16H21N3O2/c1-12(2)17-10-14-7-8-16(19-18-14)21-15-6-4-5-13(9-15)11-20-3/h4-9,12,17H,10-11H2,1-3H3. The molecule has 0 unspecified atom stereocenters. The molecule has 0 radical (unpaired) electrons. The molecular formula is C16H21N3O2. The summed E-state index contributed by atoms with van der Waals surface area (Å²) in [5.74, 6) is 1.21. The first-order chi connectivity index (χ1) is 10.2. The summed E-state index contributed by atoms with van der Waals surface area (Å²) in [6, 6.07) is 11.9. The predicted molar refractivity (Wildman–Crippen MR) is 81.2 cm³/mol. The molecule has 0 atom stereocenters. The minimum absolute atomic E-state index is 0.422. The second kappa shape index (κ2) is 7.71. The summed E-state index contributed by atoms with van der Waals surface area (Å²) in [6.07, 6.45) is 0. The third kappa shape index (κ3) is 5.13. The molecule has 0 saturated heterocycles. The second-order valence-corrected chi connectivity index (χ2v) is 5.08. The zero-order valence-corrected chi connectivity index (χ0v) is 12.7. The number of rotatable bonds is 7. The van der Waals surface area contributed by atoms with Crippen molar-refractivity contribution in [3.63, 3.8) is 0 Å². The van der Waals surface area contributed by atoms with Crippen molar-refractivity contribution in [1.29, 1.82) is 0 Å². The summed E-state index contributed by atoms with van der Waals surface area (Å²) in [4.78, 5) is 0. The van der Waals surface area contributed by atoms with Crippen molar-refractivity contribution in [2.24, 2.45) is 0 Å². The van der Waals surface area contributed by atoms with Crippen molar-refractivity contribution in [2.45, 2.75) is 33.0 Å². The van der Waals surface area contributed by atoms with Gasteiger partial charge < -0.3 is 14.8 Å². The number of aromatic nitrogens is 2. The molecular weight excluding hydrogens is 266 g/mol. The van der Waals surface area contributed by atoms with Crippen LogP contribution in [-0.2, 0) is 17.9 Å². The molecule has 0 aliphatic carbocycles. The lowest BCUT2D eigenvalue weighted by Gasteiger charge is -2.08. The van der Waals surface area contributed by atoms with Gasteiger partial charge in [0.2, 0.25) is 5.88 Å². The maximum atomic E-state index is 5.70. The molecule has 2 aromatic rings. The summed E-state index contributed by atoms with van der Waals surface area (Å²) < 4.78 is 10.8. The lowest BCUT2D eigenvalue weighted by Crippen LogP contribution is -2.22. The Kier molecular flexibility index (Phi) is 5.66. The molecule has 0 aliphatic heterocycles. The van der Waals surface area contributed by atoms with E-state index in [0.717, 1.165) is 17.0 Å². The Morgan fingerprint density at radius 2 is 2.00 bits per heavy atom. The first kappa shape index (κ1) is 15.4. The van der Waals surface area contributed by atoms with Crippen molar-refractivity contribution in [1.82, 2.24) is 15.5 Å². The molecule has 5 heteroatoms. The highest BCUT2D eigenvalue weighted by Gasteiger charge is 2.02. The van der Waals surface area contributed by atoms with Crippen molar-refractivity contribution < 1.29 is 9.47 Å². The van der Waals surface area contributed by atoms with Crippen molar-refractivity contribution in [3.05, 3.63) is 47.7 Å². The van der Waals surface area contributed by atoms with Crippen LogP contribution in [0, 0.1) is 0 Å². The van der Waals surface area contributed by atoms with E-state index in [2.05, 4.69) is 29.4 Å². The Morgan fingerprint density at radius 3 is 2.67 bits per heavy atom. The van der Waals surface area contributed by atoms with Gasteiger partial charge in [-0.2, -0.15) is 5.10 Å². The van der Waals surface area contributed by atoms with E-state index in [9.17, 15) is 0 Å². The molecule has 0 spiro atoms. The predicted octanol–water partition coefficient (Wildman–Crippen LogP) is 2.91. The maximum absolute atomic E-state index is 5.70. The average Bonchev–Trinajstić information content (AvgIpc) is 2.47. The molecule has 1 aromatic carbocycles. The molecule has 0 fully saturated rings. The number of methoxy groups -OCH3 is 1. The first-order valence-corrected chi connectivity index (χ1v) is 6.99. The zero-order chi connectivity index (χ0) is 15.1. The normalized spacial score (nSPS) is 10.9. The average molecular weight is 287 g/mol. The van der Waals surface area contributed by atoms with Gasteiger partial charge >= 0.3 is 0 Å². The zero-order valence-electron chi connectivity index (χ0n) is 12.7. The van der Waals surface area contributed by atoms with Gasteiger partial charge in [-0.15, -0.1) is 5.10 Å². The van der Waals surface area contributed by atoms with E-state index in [0.29, 0.717) is 25.1 Å². The van der Waals surface area contributed by atoms with Crippen LogP contribution in [0.2, 0.25) is 0 Å². The van der Waals surface area contributed by atoms with Gasteiger partial charge in [-0.25, -0.2) is 0 Å². The highest BCUT2D eigenvalue weighted by molar-refractivity contribution is 5.31. The molecule has 21 heavy (non-hydrogen) atoms. The largest absolute Gasteiger partial charge is 0.438 e. The van der Waals surface area contributed by atoms with Gasteiger partial charge in [0.25, 0.3) is 0 Å². The van der Waals surface area contributed by atoms with E-state index in [1.54, 1.807) is 7.11 Å². The molecule has 112 valence electrons. The van der Waals surface area contributed by atoms with E-state index < -0.39 is 0 Å². The Morgan fingerprint density at radius 1 is 1.14 bits per heavy atom. The highest BCUT2D eigenvalue weighted by atomic mass is 16.5. The number of ether oxygens (including phenoxy) is 2. The molecule has 0 bridgehead atoms. The number of hydrogen-bond acceptors (Lipinski definition) is 5. The highest BCUT2D eigenvalue weighted by Crippen LogP contribution is 2.20. The fourth-order valence-electron chi connectivity index (χ4n) is 1.79. The van der Waals surface area contributed by atoms with Gasteiger partial charge in [0.1, 0.15) is 5.75 Å². The number of nitrogens with one attached hydrogen (secondary N) is 1. The maximum Gasteiger partial charge on any atom is 0.238 e. The van der Waals surface area contributed by atoms with Crippen LogP contribution in [0.25, 0.3) is 0 Å². The monoisotopic (exact) mass is 287 g/mol. The van der Waals surface area contributed by atoms with Crippen LogP contribution in [0.4, 0.5) is 0 Å². The summed E-state index contributed by atoms with van der Waals surface area (Å²) in [5, 5.41) is 11.5.